The van der Waals surface area contributed by atoms with Crippen LogP contribution in [0.2, 0.25) is 0 Å². The number of likely N-dealkylation sites (N-methyl/N-ethyl adjacent to an activating group) is 2. The predicted molar refractivity (Wildman–Crippen MR) is 87.7 cm³/mol. The van der Waals surface area contributed by atoms with Gasteiger partial charge in [0.1, 0.15) is 0 Å². The number of carbonyl (C=O) groups is 1. The van der Waals surface area contributed by atoms with E-state index in [2.05, 4.69) is 37.7 Å². The topological polar surface area (TPSA) is 23.6 Å². The molecule has 0 spiro atoms. The molecule has 21 heavy (non-hydrogen) atoms. The number of benzene rings is 1. The van der Waals surface area contributed by atoms with E-state index in [1.807, 2.05) is 30.3 Å². The summed E-state index contributed by atoms with van der Waals surface area (Å²) in [5.74, 6) is 0.235. The zero-order valence-electron chi connectivity index (χ0n) is 13.8. The number of nitrogens with zero attached hydrogens (tertiary/aromatic N) is 2. The molecule has 1 aromatic carbocycles. The largest absolute Gasteiger partial charge is 0.305 e. The molecule has 0 bridgehead atoms. The first-order valence-corrected chi connectivity index (χ1v) is 7.89. The van der Waals surface area contributed by atoms with Crippen LogP contribution in [0.5, 0.6) is 0 Å². The highest BCUT2D eigenvalue weighted by Gasteiger charge is 2.32. The van der Waals surface area contributed by atoms with Crippen molar-refractivity contribution in [2.75, 3.05) is 33.7 Å². The van der Waals surface area contributed by atoms with Gasteiger partial charge in [-0.2, -0.15) is 0 Å². The monoisotopic (exact) mass is 288 g/mol. The Morgan fingerprint density at radius 3 is 2.62 bits per heavy atom. The maximum atomic E-state index is 12.7. The van der Waals surface area contributed by atoms with Crippen LogP contribution in [0.3, 0.4) is 0 Å². The van der Waals surface area contributed by atoms with Crippen LogP contribution in [-0.2, 0) is 0 Å². The van der Waals surface area contributed by atoms with Gasteiger partial charge in [0.25, 0.3) is 0 Å². The van der Waals surface area contributed by atoms with Crippen LogP contribution >= 0.6 is 0 Å². The lowest BCUT2D eigenvalue weighted by molar-refractivity contribution is 0.0676. The first-order valence-electron chi connectivity index (χ1n) is 7.89. The van der Waals surface area contributed by atoms with Crippen LogP contribution in [0.4, 0.5) is 0 Å². The minimum atomic E-state index is -0.355. The number of ketones is 1. The van der Waals surface area contributed by atoms with Crippen molar-refractivity contribution in [3.8, 4) is 0 Å². The molecule has 0 aromatic heterocycles. The third-order valence-electron chi connectivity index (χ3n) is 4.52. The SMILES string of the molecule is CN1CCCC(N(C)CC(C)(C)C(=O)c2ccccc2)C1. The van der Waals surface area contributed by atoms with Crippen molar-refractivity contribution < 1.29 is 4.79 Å². The molecule has 0 N–H and O–H groups in total. The lowest BCUT2D eigenvalue weighted by atomic mass is 9.83. The minimum absolute atomic E-state index is 0.235. The van der Waals surface area contributed by atoms with Crippen molar-refractivity contribution in [1.82, 2.24) is 9.80 Å². The van der Waals surface area contributed by atoms with Crippen molar-refractivity contribution in [1.29, 1.82) is 0 Å². The Kier molecular flexibility index (Phi) is 5.17. The number of likely N-dealkylation sites (tertiary alicyclic amines) is 1. The maximum Gasteiger partial charge on any atom is 0.169 e. The third-order valence-corrected chi connectivity index (χ3v) is 4.52. The highest BCUT2D eigenvalue weighted by Crippen LogP contribution is 2.25. The minimum Gasteiger partial charge on any atom is -0.305 e. The van der Waals surface area contributed by atoms with Gasteiger partial charge in [0.05, 0.1) is 0 Å². The van der Waals surface area contributed by atoms with Crippen molar-refractivity contribution in [3.63, 3.8) is 0 Å². The molecule has 0 radical (unpaired) electrons. The van der Waals surface area contributed by atoms with Gasteiger partial charge in [0.2, 0.25) is 0 Å². The molecule has 3 heteroatoms. The summed E-state index contributed by atoms with van der Waals surface area (Å²) in [5.41, 5.74) is 0.461. The van der Waals surface area contributed by atoms with E-state index in [4.69, 9.17) is 0 Å². The summed E-state index contributed by atoms with van der Waals surface area (Å²) in [6.45, 7) is 7.22. The van der Waals surface area contributed by atoms with Gasteiger partial charge in [-0.15, -0.1) is 0 Å². The number of hydrogen-bond acceptors (Lipinski definition) is 3. The van der Waals surface area contributed by atoms with Gasteiger partial charge in [-0.05, 0) is 33.5 Å². The van der Waals surface area contributed by atoms with Gasteiger partial charge >= 0.3 is 0 Å². The highest BCUT2D eigenvalue weighted by molar-refractivity contribution is 6.00. The van der Waals surface area contributed by atoms with E-state index >= 15 is 0 Å². The van der Waals surface area contributed by atoms with Crippen LogP contribution in [0.15, 0.2) is 30.3 Å². The molecular weight excluding hydrogens is 260 g/mol. The molecule has 0 aliphatic carbocycles. The molecule has 3 nitrogen and oxygen atoms in total. The summed E-state index contributed by atoms with van der Waals surface area (Å²) in [6, 6.07) is 10.2. The number of Topliss-reactive ketones (excluding diaryl/α,β-unsaturated/α-hetero) is 1. The first-order chi connectivity index (χ1) is 9.90. The summed E-state index contributed by atoms with van der Waals surface area (Å²) in [4.78, 5) is 17.5. The molecule has 1 atom stereocenters. The van der Waals surface area contributed by atoms with E-state index < -0.39 is 0 Å². The summed E-state index contributed by atoms with van der Waals surface area (Å²) >= 11 is 0. The van der Waals surface area contributed by atoms with E-state index in [1.165, 1.54) is 19.4 Å². The molecule has 1 aromatic rings. The second kappa shape index (κ2) is 6.71. The molecule has 1 heterocycles. The standard InChI is InChI=1S/C18H28N2O/c1-18(2,17(21)15-9-6-5-7-10-15)14-20(4)16-11-8-12-19(3)13-16/h5-7,9-10,16H,8,11-14H2,1-4H3. The molecule has 1 saturated heterocycles. The molecule has 0 amide bonds. The van der Waals surface area contributed by atoms with Gasteiger partial charge in [-0.3, -0.25) is 4.79 Å². The predicted octanol–water partition coefficient (Wildman–Crippen LogP) is 2.92. The number of carbonyl (C=O) groups excluding carboxylic acids is 1. The fourth-order valence-electron chi connectivity index (χ4n) is 3.30. The molecule has 116 valence electrons. The summed E-state index contributed by atoms with van der Waals surface area (Å²) in [6.07, 6.45) is 2.48. The van der Waals surface area contributed by atoms with Crippen molar-refractivity contribution in [3.05, 3.63) is 35.9 Å². The molecule has 1 aliphatic heterocycles. The summed E-state index contributed by atoms with van der Waals surface area (Å²) < 4.78 is 0. The van der Waals surface area contributed by atoms with Gasteiger partial charge in [-0.1, -0.05) is 44.2 Å². The quantitative estimate of drug-likeness (QED) is 0.778. The van der Waals surface area contributed by atoms with E-state index in [0.717, 1.165) is 18.7 Å². The van der Waals surface area contributed by atoms with Crippen LogP contribution < -0.4 is 0 Å². The van der Waals surface area contributed by atoms with Crippen LogP contribution in [0.1, 0.15) is 37.0 Å². The second-order valence-corrected chi connectivity index (χ2v) is 7.05. The summed E-state index contributed by atoms with van der Waals surface area (Å²) in [7, 11) is 4.34. The van der Waals surface area contributed by atoms with Crippen LogP contribution in [0.25, 0.3) is 0 Å². The Bertz CT molecular complexity index is 469. The Hall–Kier alpha value is -1.19. The molecule has 1 fully saturated rings. The average molecular weight is 288 g/mol. The van der Waals surface area contributed by atoms with E-state index in [9.17, 15) is 4.79 Å². The van der Waals surface area contributed by atoms with Gasteiger partial charge < -0.3 is 9.80 Å². The Labute approximate surface area is 128 Å². The van der Waals surface area contributed by atoms with E-state index in [1.54, 1.807) is 0 Å². The van der Waals surface area contributed by atoms with Crippen molar-refractivity contribution in [2.45, 2.75) is 32.7 Å². The fraction of sp³-hybridized carbons (Fsp3) is 0.611. The molecule has 0 saturated carbocycles. The Balaban J connectivity index is 2.01. The van der Waals surface area contributed by atoms with E-state index in [0.29, 0.717) is 6.04 Å². The zero-order chi connectivity index (χ0) is 15.5. The van der Waals surface area contributed by atoms with Crippen LogP contribution in [-0.4, -0.2) is 55.4 Å². The molecule has 1 unspecified atom stereocenters. The number of hydrogen-bond donors (Lipinski definition) is 0. The van der Waals surface area contributed by atoms with Crippen molar-refractivity contribution in [2.24, 2.45) is 5.41 Å². The Morgan fingerprint density at radius 1 is 1.33 bits per heavy atom. The lowest BCUT2D eigenvalue weighted by Crippen LogP contribution is -2.49. The maximum absolute atomic E-state index is 12.7. The zero-order valence-corrected chi connectivity index (χ0v) is 13.8. The van der Waals surface area contributed by atoms with Gasteiger partial charge in [0.15, 0.2) is 5.78 Å². The van der Waals surface area contributed by atoms with Gasteiger partial charge in [0, 0.05) is 30.1 Å². The summed E-state index contributed by atoms with van der Waals surface area (Å²) in [5, 5.41) is 0. The van der Waals surface area contributed by atoms with Crippen LogP contribution in [0, 0.1) is 5.41 Å². The Morgan fingerprint density at radius 2 is 2.00 bits per heavy atom. The normalized spacial score (nSPS) is 20.7. The second-order valence-electron chi connectivity index (χ2n) is 7.05. The molecule has 2 rings (SSSR count). The van der Waals surface area contributed by atoms with Gasteiger partial charge in [-0.25, -0.2) is 0 Å². The molecule has 1 aliphatic rings. The lowest BCUT2D eigenvalue weighted by Gasteiger charge is -2.39. The fourth-order valence-corrected chi connectivity index (χ4v) is 3.30. The smallest absolute Gasteiger partial charge is 0.169 e. The average Bonchev–Trinajstić information content (AvgIpc) is 2.47. The van der Waals surface area contributed by atoms with Crippen molar-refractivity contribution >= 4 is 5.78 Å². The third kappa shape index (κ3) is 4.14. The molecular formula is C18H28N2O. The first kappa shape index (κ1) is 16.2. The number of rotatable bonds is 5. The number of piperidine rings is 1. The highest BCUT2D eigenvalue weighted by atomic mass is 16.1. The van der Waals surface area contributed by atoms with E-state index in [-0.39, 0.29) is 11.2 Å².